The molecule has 1 heterocycles. The van der Waals surface area contributed by atoms with Crippen molar-refractivity contribution in [3.63, 3.8) is 0 Å². The Kier molecular flexibility index (Phi) is 6.81. The number of rotatable bonds is 6. The number of phenolic OH excluding ortho intramolecular Hbond substituents is 2. The maximum absolute atomic E-state index is 13.4. The molecule has 0 radical (unpaired) electrons. The van der Waals surface area contributed by atoms with Crippen LogP contribution in [0.3, 0.4) is 0 Å². The molecule has 1 saturated carbocycles. The van der Waals surface area contributed by atoms with Crippen LogP contribution in [0.25, 0.3) is 6.08 Å². The second-order valence-corrected chi connectivity index (χ2v) is 11.4. The van der Waals surface area contributed by atoms with Gasteiger partial charge in [0.25, 0.3) is 0 Å². The highest BCUT2D eigenvalue weighted by molar-refractivity contribution is 6.33. The summed E-state index contributed by atoms with van der Waals surface area (Å²) in [6.07, 6.45) is 2.77. The van der Waals surface area contributed by atoms with Crippen molar-refractivity contribution in [3.8, 4) is 17.2 Å². The van der Waals surface area contributed by atoms with Gasteiger partial charge in [-0.2, -0.15) is 0 Å². The summed E-state index contributed by atoms with van der Waals surface area (Å²) in [6, 6.07) is 0. The van der Waals surface area contributed by atoms with E-state index >= 15 is 0 Å². The molecule has 2 N–H and O–H groups in total. The van der Waals surface area contributed by atoms with Crippen molar-refractivity contribution in [2.45, 2.75) is 67.4 Å². The van der Waals surface area contributed by atoms with E-state index in [0.717, 1.165) is 0 Å². The molecule has 194 valence electrons. The molecule has 0 saturated heterocycles. The molecule has 2 aliphatic rings. The monoisotopic (exact) mass is 498 g/mol. The number of ether oxygens (including phenoxy) is 1. The Morgan fingerprint density at radius 1 is 0.944 bits per heavy atom. The first-order valence-corrected chi connectivity index (χ1v) is 12.1. The molecule has 2 atom stereocenters. The van der Waals surface area contributed by atoms with E-state index in [4.69, 9.17) is 4.74 Å². The molecule has 0 spiro atoms. The third-order valence-corrected chi connectivity index (χ3v) is 7.02. The van der Waals surface area contributed by atoms with Gasteiger partial charge in [-0.15, -0.1) is 0 Å². The van der Waals surface area contributed by atoms with Crippen LogP contribution in [0.2, 0.25) is 0 Å². The van der Waals surface area contributed by atoms with Crippen LogP contribution in [0.15, 0.2) is 6.08 Å². The maximum Gasteiger partial charge on any atom is 0.172 e. The van der Waals surface area contributed by atoms with Crippen molar-refractivity contribution >= 4 is 35.0 Å². The third-order valence-electron chi connectivity index (χ3n) is 7.02. The summed E-state index contributed by atoms with van der Waals surface area (Å²) in [6.45, 7) is 12.7. The summed E-state index contributed by atoms with van der Waals surface area (Å²) < 4.78 is 5.94. The van der Waals surface area contributed by atoms with Gasteiger partial charge in [-0.3, -0.25) is 24.0 Å². The molecule has 1 fully saturated rings. The van der Waals surface area contributed by atoms with E-state index in [1.54, 1.807) is 53.7 Å². The van der Waals surface area contributed by atoms with Crippen LogP contribution in [0.5, 0.6) is 17.2 Å². The Hall–Kier alpha value is -3.29. The van der Waals surface area contributed by atoms with Gasteiger partial charge in [0.1, 0.15) is 34.3 Å². The lowest BCUT2D eigenvalue weighted by Crippen LogP contribution is -2.56. The molecule has 3 rings (SSSR count). The maximum atomic E-state index is 13.4. The molecule has 1 aliphatic heterocycles. The minimum absolute atomic E-state index is 0.0182. The lowest BCUT2D eigenvalue weighted by Gasteiger charge is -2.36. The molecular weight excluding hydrogens is 464 g/mol. The minimum atomic E-state index is -1.61. The molecule has 1 aliphatic carbocycles. The zero-order valence-electron chi connectivity index (χ0n) is 22.0. The Bertz CT molecular complexity index is 1210. The number of phenols is 2. The fraction of sp³-hybridized carbons (Fsp3) is 0.536. The zero-order valence-corrected chi connectivity index (χ0v) is 22.0. The van der Waals surface area contributed by atoms with Crippen LogP contribution in [-0.2, 0) is 25.6 Å². The number of ketones is 5. The fourth-order valence-corrected chi connectivity index (χ4v) is 4.71. The summed E-state index contributed by atoms with van der Waals surface area (Å²) in [7, 11) is 0. The van der Waals surface area contributed by atoms with Crippen LogP contribution in [-0.4, -0.2) is 44.7 Å². The van der Waals surface area contributed by atoms with Gasteiger partial charge in [0.2, 0.25) is 0 Å². The number of carbonyl (C=O) groups excluding carboxylic acids is 5. The largest absolute Gasteiger partial charge is 0.507 e. The molecule has 0 bridgehead atoms. The summed E-state index contributed by atoms with van der Waals surface area (Å²) in [5, 5.41) is 22.3. The average Bonchev–Trinajstić information content (AvgIpc) is 2.76. The van der Waals surface area contributed by atoms with Gasteiger partial charge in [-0.25, -0.2) is 0 Å². The first-order valence-electron chi connectivity index (χ1n) is 12.1. The lowest BCUT2D eigenvalue weighted by molar-refractivity contribution is -0.157. The van der Waals surface area contributed by atoms with E-state index in [-0.39, 0.29) is 22.4 Å². The number of hydrogen-bond donors (Lipinski definition) is 2. The molecule has 1 aromatic carbocycles. The smallest absolute Gasteiger partial charge is 0.172 e. The van der Waals surface area contributed by atoms with Crippen LogP contribution in [0.4, 0.5) is 0 Å². The summed E-state index contributed by atoms with van der Waals surface area (Å²) in [5.41, 5.74) is -2.61. The zero-order chi connectivity index (χ0) is 27.5. The highest BCUT2D eigenvalue weighted by Crippen LogP contribution is 2.49. The van der Waals surface area contributed by atoms with Crippen LogP contribution < -0.4 is 4.74 Å². The molecule has 0 amide bonds. The summed E-state index contributed by atoms with van der Waals surface area (Å²) in [5.74, 6) is -8.55. The van der Waals surface area contributed by atoms with E-state index in [1.807, 2.05) is 0 Å². The number of carbonyl (C=O) groups is 5. The average molecular weight is 499 g/mol. The highest BCUT2D eigenvalue weighted by Gasteiger charge is 2.56. The van der Waals surface area contributed by atoms with Gasteiger partial charge >= 0.3 is 0 Å². The fourth-order valence-electron chi connectivity index (χ4n) is 4.71. The van der Waals surface area contributed by atoms with Gasteiger partial charge in [0, 0.05) is 17.4 Å². The molecule has 2 unspecified atom stereocenters. The first kappa shape index (κ1) is 27.3. The van der Waals surface area contributed by atoms with E-state index in [9.17, 15) is 34.2 Å². The number of Topliss-reactive ketones (excluding diaryl/α,β-unsaturated/α-hetero) is 5. The standard InChI is InChI=1S/C28H34O8/c1-12(2)19(29)17-22(32)15(21(31)14-9-10-27(5,6)36-24(14)17)11-16-23(33)18(20(30)13(3)4)26(35)28(7,8)25(16)34/h9-10,12-13,16,18,31-32H,11H2,1-8H3. The number of hydrogen-bond acceptors (Lipinski definition) is 8. The van der Waals surface area contributed by atoms with Crippen molar-refractivity contribution in [2.75, 3.05) is 0 Å². The van der Waals surface area contributed by atoms with Crippen LogP contribution >= 0.6 is 0 Å². The molecule has 0 aromatic heterocycles. The van der Waals surface area contributed by atoms with Gasteiger partial charge < -0.3 is 14.9 Å². The van der Waals surface area contributed by atoms with E-state index in [1.165, 1.54) is 13.8 Å². The second kappa shape index (κ2) is 8.98. The van der Waals surface area contributed by atoms with Crippen molar-refractivity contribution in [1.82, 2.24) is 0 Å². The van der Waals surface area contributed by atoms with Gasteiger partial charge in [-0.1, -0.05) is 27.7 Å². The minimum Gasteiger partial charge on any atom is -0.507 e. The van der Waals surface area contributed by atoms with Crippen molar-refractivity contribution in [2.24, 2.45) is 29.1 Å². The summed E-state index contributed by atoms with van der Waals surface area (Å²) in [4.78, 5) is 65.6. The van der Waals surface area contributed by atoms with Crippen molar-refractivity contribution < 1.29 is 38.9 Å². The first-order chi connectivity index (χ1) is 16.4. The number of benzene rings is 1. The number of fused-ring (bicyclic) bond motifs is 1. The van der Waals surface area contributed by atoms with Crippen LogP contribution in [0.1, 0.15) is 76.9 Å². The molecule has 8 heteroatoms. The molecular formula is C28H34O8. The highest BCUT2D eigenvalue weighted by atomic mass is 16.5. The van der Waals surface area contributed by atoms with E-state index in [2.05, 4.69) is 0 Å². The Balaban J connectivity index is 2.22. The SMILES string of the molecule is CC(C)C(=O)c1c(O)c(CC2C(=O)C(C(=O)C(C)C)C(=O)C(C)(C)C2=O)c(O)c2c1OC(C)(C)C=C2. The summed E-state index contributed by atoms with van der Waals surface area (Å²) >= 11 is 0. The van der Waals surface area contributed by atoms with Crippen LogP contribution in [0, 0.1) is 29.1 Å². The Labute approximate surface area is 210 Å². The van der Waals surface area contributed by atoms with Crippen molar-refractivity contribution in [3.05, 3.63) is 22.8 Å². The Morgan fingerprint density at radius 2 is 1.53 bits per heavy atom. The number of aromatic hydroxyl groups is 2. The molecule has 1 aromatic rings. The van der Waals surface area contributed by atoms with Gasteiger partial charge in [0.15, 0.2) is 28.9 Å². The second-order valence-electron chi connectivity index (χ2n) is 11.4. The predicted octanol–water partition coefficient (Wildman–Crippen LogP) is 3.87. The van der Waals surface area contributed by atoms with E-state index < -0.39 is 81.5 Å². The molecule has 8 nitrogen and oxygen atoms in total. The van der Waals surface area contributed by atoms with Crippen molar-refractivity contribution in [1.29, 1.82) is 0 Å². The predicted molar refractivity (Wildman–Crippen MR) is 132 cm³/mol. The normalized spacial score (nSPS) is 22.6. The Morgan fingerprint density at radius 3 is 2.06 bits per heavy atom. The van der Waals surface area contributed by atoms with Gasteiger partial charge in [-0.05, 0) is 46.3 Å². The quantitative estimate of drug-likeness (QED) is 0.446. The third kappa shape index (κ3) is 4.27. The molecule has 36 heavy (non-hydrogen) atoms. The lowest BCUT2D eigenvalue weighted by atomic mass is 9.61. The van der Waals surface area contributed by atoms with E-state index in [0.29, 0.717) is 0 Å². The van der Waals surface area contributed by atoms with Gasteiger partial charge in [0.05, 0.1) is 16.9 Å². The topological polar surface area (TPSA) is 135 Å².